The quantitative estimate of drug-likeness (QED) is 0.648. The molecule has 0 saturated heterocycles. The Morgan fingerprint density at radius 1 is 1.04 bits per heavy atom. The lowest BCUT2D eigenvalue weighted by Gasteiger charge is -2.10. The molecule has 1 heterocycles. The van der Waals surface area contributed by atoms with Crippen LogP contribution in [0.25, 0.3) is 10.8 Å². The van der Waals surface area contributed by atoms with E-state index in [4.69, 9.17) is 9.84 Å². The van der Waals surface area contributed by atoms with Crippen LogP contribution in [-0.2, 0) is 11.3 Å². The van der Waals surface area contributed by atoms with E-state index in [0.29, 0.717) is 24.1 Å². The summed E-state index contributed by atoms with van der Waals surface area (Å²) in [6.45, 7) is 1.33. The van der Waals surface area contributed by atoms with Crippen LogP contribution >= 0.6 is 0 Å². The Hall–Kier alpha value is -2.82. The van der Waals surface area contributed by atoms with E-state index in [1.165, 1.54) is 37.1 Å². The summed E-state index contributed by atoms with van der Waals surface area (Å²) in [5.74, 6) is 1.96. The van der Waals surface area contributed by atoms with Gasteiger partial charge in [0.05, 0.1) is 12.2 Å². The lowest BCUT2D eigenvalue weighted by Crippen LogP contribution is -2.32. The van der Waals surface area contributed by atoms with Gasteiger partial charge in [-0.1, -0.05) is 30.3 Å². The monoisotopic (exact) mass is 375 g/mol. The summed E-state index contributed by atoms with van der Waals surface area (Å²) in [5, 5.41) is 10.0. The van der Waals surface area contributed by atoms with Crippen molar-refractivity contribution in [2.45, 2.75) is 44.1 Å². The second kappa shape index (κ2) is 7.30. The van der Waals surface area contributed by atoms with Crippen molar-refractivity contribution in [3.05, 3.63) is 59.9 Å². The zero-order chi connectivity index (χ0) is 18.9. The molecule has 5 nitrogen and oxygen atoms in total. The normalized spacial score (nSPS) is 16.3. The highest BCUT2D eigenvalue weighted by Crippen LogP contribution is 2.44. The van der Waals surface area contributed by atoms with Crippen molar-refractivity contribution in [3.63, 3.8) is 0 Å². The fraction of sp³-hybridized carbons (Fsp3) is 0.391. The van der Waals surface area contributed by atoms with Gasteiger partial charge in [0.15, 0.2) is 6.61 Å². The fourth-order valence-electron chi connectivity index (χ4n) is 3.68. The second-order valence-electron chi connectivity index (χ2n) is 7.91. The van der Waals surface area contributed by atoms with Crippen LogP contribution in [-0.4, -0.2) is 28.8 Å². The summed E-state index contributed by atoms with van der Waals surface area (Å²) in [6, 6.07) is 16.3. The molecular formula is C23H25N3O2. The van der Waals surface area contributed by atoms with Gasteiger partial charge in [0.1, 0.15) is 5.75 Å². The minimum absolute atomic E-state index is 0.0280. The summed E-state index contributed by atoms with van der Waals surface area (Å²) in [5.41, 5.74) is 2.59. The number of carbonyl (C=O) groups excluding carboxylic acids is 1. The first-order valence-electron chi connectivity index (χ1n) is 10.2. The predicted octanol–water partition coefficient (Wildman–Crippen LogP) is 3.99. The van der Waals surface area contributed by atoms with Crippen LogP contribution in [0.3, 0.4) is 0 Å². The lowest BCUT2D eigenvalue weighted by atomic mass is 10.1. The van der Waals surface area contributed by atoms with Crippen molar-refractivity contribution in [2.24, 2.45) is 0 Å². The number of rotatable bonds is 8. The minimum atomic E-state index is -0.101. The van der Waals surface area contributed by atoms with Crippen LogP contribution in [0.2, 0.25) is 0 Å². The van der Waals surface area contributed by atoms with Gasteiger partial charge in [0.2, 0.25) is 0 Å². The number of nitrogens with zero attached hydrogens (tertiary/aromatic N) is 2. The van der Waals surface area contributed by atoms with Gasteiger partial charge in [-0.2, -0.15) is 5.10 Å². The molecule has 3 aromatic rings. The maximum absolute atomic E-state index is 12.2. The summed E-state index contributed by atoms with van der Waals surface area (Å²) < 4.78 is 7.77. The third-order valence-corrected chi connectivity index (χ3v) is 5.56. The van der Waals surface area contributed by atoms with Crippen molar-refractivity contribution in [1.29, 1.82) is 0 Å². The summed E-state index contributed by atoms with van der Waals surface area (Å²) in [7, 11) is 0. The van der Waals surface area contributed by atoms with E-state index in [-0.39, 0.29) is 12.5 Å². The standard InChI is InChI=1S/C23H25N3O2/c27-23(15-28-20-10-9-16-3-1-2-4-19(16)13-20)24-11-12-26-22(18-7-8-18)14-21(25-26)17-5-6-17/h1-4,9-10,13-14,17-18H,5-8,11-12,15H2,(H,24,27). The number of nitrogens with one attached hydrogen (secondary N) is 1. The van der Waals surface area contributed by atoms with E-state index in [2.05, 4.69) is 22.1 Å². The Morgan fingerprint density at radius 2 is 1.82 bits per heavy atom. The van der Waals surface area contributed by atoms with Gasteiger partial charge in [0.25, 0.3) is 5.91 Å². The van der Waals surface area contributed by atoms with Gasteiger partial charge in [-0.15, -0.1) is 0 Å². The molecule has 2 saturated carbocycles. The zero-order valence-corrected chi connectivity index (χ0v) is 15.9. The molecule has 2 aromatic carbocycles. The van der Waals surface area contributed by atoms with Crippen molar-refractivity contribution < 1.29 is 9.53 Å². The van der Waals surface area contributed by atoms with Crippen molar-refractivity contribution in [3.8, 4) is 5.75 Å². The number of hydrogen-bond donors (Lipinski definition) is 1. The molecule has 0 unspecified atom stereocenters. The molecular weight excluding hydrogens is 350 g/mol. The first-order chi connectivity index (χ1) is 13.8. The second-order valence-corrected chi connectivity index (χ2v) is 7.91. The molecule has 0 bridgehead atoms. The maximum atomic E-state index is 12.2. The summed E-state index contributed by atoms with van der Waals surface area (Å²) in [6.07, 6.45) is 5.07. The third-order valence-electron chi connectivity index (χ3n) is 5.56. The maximum Gasteiger partial charge on any atom is 0.258 e. The molecule has 0 spiro atoms. The highest BCUT2D eigenvalue weighted by molar-refractivity contribution is 5.84. The number of carbonyl (C=O) groups is 1. The molecule has 28 heavy (non-hydrogen) atoms. The van der Waals surface area contributed by atoms with E-state index in [1.54, 1.807) is 0 Å². The van der Waals surface area contributed by atoms with Gasteiger partial charge in [-0.3, -0.25) is 9.48 Å². The topological polar surface area (TPSA) is 56.1 Å². The molecule has 144 valence electrons. The van der Waals surface area contributed by atoms with Gasteiger partial charge in [-0.25, -0.2) is 0 Å². The average Bonchev–Trinajstić information content (AvgIpc) is 3.65. The highest BCUT2D eigenvalue weighted by atomic mass is 16.5. The first-order valence-corrected chi connectivity index (χ1v) is 10.2. The molecule has 1 amide bonds. The molecule has 2 aliphatic rings. The van der Waals surface area contributed by atoms with E-state index >= 15 is 0 Å². The van der Waals surface area contributed by atoms with E-state index < -0.39 is 0 Å². The van der Waals surface area contributed by atoms with Gasteiger partial charge in [0, 0.05) is 24.1 Å². The molecule has 5 heteroatoms. The SMILES string of the molecule is O=C(COc1ccc2ccccc2c1)NCCn1nc(C2CC2)cc1C1CC1. The summed E-state index contributed by atoms with van der Waals surface area (Å²) >= 11 is 0. The largest absolute Gasteiger partial charge is 0.484 e. The van der Waals surface area contributed by atoms with Gasteiger partial charge >= 0.3 is 0 Å². The Bertz CT molecular complexity index is 1000. The number of benzene rings is 2. The molecule has 5 rings (SSSR count). The number of amides is 1. The number of ether oxygens (including phenoxy) is 1. The Labute approximate surface area is 164 Å². The molecule has 0 aliphatic heterocycles. The highest BCUT2D eigenvalue weighted by Gasteiger charge is 2.32. The molecule has 2 aliphatic carbocycles. The van der Waals surface area contributed by atoms with Gasteiger partial charge < -0.3 is 10.1 Å². The van der Waals surface area contributed by atoms with Crippen LogP contribution in [0.4, 0.5) is 0 Å². The smallest absolute Gasteiger partial charge is 0.258 e. The van der Waals surface area contributed by atoms with Crippen LogP contribution in [0.1, 0.15) is 48.9 Å². The van der Waals surface area contributed by atoms with Crippen LogP contribution in [0.15, 0.2) is 48.5 Å². The van der Waals surface area contributed by atoms with Crippen molar-refractivity contribution in [1.82, 2.24) is 15.1 Å². The van der Waals surface area contributed by atoms with Crippen molar-refractivity contribution >= 4 is 16.7 Å². The predicted molar refractivity (Wildman–Crippen MR) is 109 cm³/mol. The lowest BCUT2D eigenvalue weighted by molar-refractivity contribution is -0.123. The van der Waals surface area contributed by atoms with E-state index in [9.17, 15) is 4.79 Å². The van der Waals surface area contributed by atoms with E-state index in [0.717, 1.165) is 17.3 Å². The minimum Gasteiger partial charge on any atom is -0.484 e. The van der Waals surface area contributed by atoms with E-state index in [1.807, 2.05) is 36.4 Å². The first kappa shape index (κ1) is 17.3. The Kier molecular flexibility index (Phi) is 4.51. The summed E-state index contributed by atoms with van der Waals surface area (Å²) in [4.78, 5) is 12.2. The molecule has 0 atom stereocenters. The van der Waals surface area contributed by atoms with Crippen LogP contribution in [0.5, 0.6) is 5.75 Å². The molecule has 0 radical (unpaired) electrons. The number of fused-ring (bicyclic) bond motifs is 1. The number of aromatic nitrogens is 2. The zero-order valence-electron chi connectivity index (χ0n) is 15.9. The van der Waals surface area contributed by atoms with Crippen LogP contribution in [0, 0.1) is 0 Å². The van der Waals surface area contributed by atoms with Crippen molar-refractivity contribution in [2.75, 3.05) is 13.2 Å². The Balaban J connectivity index is 1.12. The van der Waals surface area contributed by atoms with Gasteiger partial charge in [-0.05, 0) is 54.7 Å². The molecule has 1 aromatic heterocycles. The molecule has 2 fully saturated rings. The average molecular weight is 375 g/mol. The molecule has 1 N–H and O–H groups in total. The van der Waals surface area contributed by atoms with Crippen LogP contribution < -0.4 is 10.1 Å². The fourth-order valence-corrected chi connectivity index (χ4v) is 3.68. The third kappa shape index (κ3) is 3.88. The Morgan fingerprint density at radius 3 is 2.61 bits per heavy atom. The number of hydrogen-bond acceptors (Lipinski definition) is 3.